The molecule has 0 saturated carbocycles. The summed E-state index contributed by atoms with van der Waals surface area (Å²) in [7, 11) is 0. The van der Waals surface area contributed by atoms with Crippen molar-refractivity contribution in [1.82, 2.24) is 15.3 Å². The van der Waals surface area contributed by atoms with E-state index in [1.807, 2.05) is 6.26 Å². The predicted molar refractivity (Wildman–Crippen MR) is 91.2 cm³/mol. The molecule has 1 fully saturated rings. The fourth-order valence-corrected chi connectivity index (χ4v) is 2.82. The Hall–Kier alpha value is -1.30. The third-order valence-corrected chi connectivity index (χ3v) is 4.98. The molecule has 1 aromatic heterocycles. The molecule has 0 aromatic carbocycles. The second-order valence-corrected chi connectivity index (χ2v) is 7.05. The SMILES string of the molecule is CSc1cncc(N2CCC(C(=O)N[C@@H](C)C(C)C)CC2)n1. The minimum atomic E-state index is 0.120. The summed E-state index contributed by atoms with van der Waals surface area (Å²) in [6.45, 7) is 8.05. The van der Waals surface area contributed by atoms with Gasteiger partial charge in [-0.3, -0.25) is 9.78 Å². The van der Waals surface area contributed by atoms with E-state index < -0.39 is 0 Å². The van der Waals surface area contributed by atoms with E-state index in [0.717, 1.165) is 36.8 Å². The number of hydrogen-bond acceptors (Lipinski definition) is 5. The van der Waals surface area contributed by atoms with Gasteiger partial charge in [-0.25, -0.2) is 4.98 Å². The number of piperidine rings is 1. The number of thioether (sulfide) groups is 1. The Bertz CT molecular complexity index is 501. The summed E-state index contributed by atoms with van der Waals surface area (Å²) in [5, 5.41) is 4.07. The van der Waals surface area contributed by atoms with E-state index in [4.69, 9.17) is 0 Å². The normalized spacial score (nSPS) is 17.6. The van der Waals surface area contributed by atoms with Gasteiger partial charge in [0, 0.05) is 25.0 Å². The first-order valence-electron chi connectivity index (χ1n) is 7.92. The predicted octanol–water partition coefficient (Wildman–Crippen LogP) is 2.58. The summed E-state index contributed by atoms with van der Waals surface area (Å²) >= 11 is 1.60. The molecular formula is C16H26N4OS. The number of nitrogens with one attached hydrogen (secondary N) is 1. The zero-order chi connectivity index (χ0) is 16.1. The van der Waals surface area contributed by atoms with E-state index >= 15 is 0 Å². The first-order chi connectivity index (χ1) is 10.5. The van der Waals surface area contributed by atoms with Crippen LogP contribution in [0.15, 0.2) is 17.4 Å². The number of hydrogen-bond donors (Lipinski definition) is 1. The van der Waals surface area contributed by atoms with Gasteiger partial charge < -0.3 is 10.2 Å². The number of carbonyl (C=O) groups is 1. The van der Waals surface area contributed by atoms with E-state index in [2.05, 4.69) is 41.0 Å². The standard InChI is InChI=1S/C16H26N4OS/c1-11(2)12(3)18-16(21)13-5-7-20(8-6-13)14-9-17-10-15(19-14)22-4/h9-13H,5-8H2,1-4H3,(H,18,21)/t12-/m0/s1. The lowest BCUT2D eigenvalue weighted by molar-refractivity contribution is -0.126. The van der Waals surface area contributed by atoms with Crippen molar-refractivity contribution in [2.45, 2.75) is 44.7 Å². The second-order valence-electron chi connectivity index (χ2n) is 6.22. The van der Waals surface area contributed by atoms with Crippen LogP contribution < -0.4 is 10.2 Å². The van der Waals surface area contributed by atoms with E-state index in [0.29, 0.717) is 5.92 Å². The minimum absolute atomic E-state index is 0.120. The first-order valence-corrected chi connectivity index (χ1v) is 9.15. The van der Waals surface area contributed by atoms with Gasteiger partial charge in [-0.2, -0.15) is 0 Å². The number of amides is 1. The second kappa shape index (κ2) is 7.81. The Labute approximate surface area is 137 Å². The van der Waals surface area contributed by atoms with Crippen molar-refractivity contribution in [2.75, 3.05) is 24.2 Å². The lowest BCUT2D eigenvalue weighted by Crippen LogP contribution is -2.44. The zero-order valence-corrected chi connectivity index (χ0v) is 14.7. The summed E-state index contributed by atoms with van der Waals surface area (Å²) < 4.78 is 0. The van der Waals surface area contributed by atoms with Crippen molar-refractivity contribution in [3.63, 3.8) is 0 Å². The quantitative estimate of drug-likeness (QED) is 0.844. The molecule has 1 N–H and O–H groups in total. The molecular weight excluding hydrogens is 296 g/mol. The Morgan fingerprint density at radius 2 is 2.00 bits per heavy atom. The van der Waals surface area contributed by atoms with Gasteiger partial charge in [0.15, 0.2) is 0 Å². The van der Waals surface area contributed by atoms with E-state index in [-0.39, 0.29) is 17.9 Å². The maximum atomic E-state index is 12.3. The van der Waals surface area contributed by atoms with Crippen molar-refractivity contribution < 1.29 is 4.79 Å². The van der Waals surface area contributed by atoms with Gasteiger partial charge in [0.05, 0.1) is 12.4 Å². The van der Waals surface area contributed by atoms with Crippen LogP contribution in [-0.4, -0.2) is 41.3 Å². The molecule has 0 radical (unpaired) electrons. The molecule has 1 amide bonds. The van der Waals surface area contributed by atoms with E-state index in [9.17, 15) is 4.79 Å². The third kappa shape index (κ3) is 4.35. The van der Waals surface area contributed by atoms with Gasteiger partial charge in [0.1, 0.15) is 10.8 Å². The number of carbonyl (C=O) groups excluding carboxylic acids is 1. The lowest BCUT2D eigenvalue weighted by Gasteiger charge is -2.32. The van der Waals surface area contributed by atoms with Crippen LogP contribution in [0, 0.1) is 11.8 Å². The number of nitrogens with zero attached hydrogens (tertiary/aromatic N) is 3. The fraction of sp³-hybridized carbons (Fsp3) is 0.688. The molecule has 0 aliphatic carbocycles. The smallest absolute Gasteiger partial charge is 0.223 e. The van der Waals surface area contributed by atoms with Crippen LogP contribution in [0.3, 0.4) is 0 Å². The van der Waals surface area contributed by atoms with Crippen LogP contribution in [-0.2, 0) is 4.79 Å². The molecule has 0 bridgehead atoms. The van der Waals surface area contributed by atoms with Crippen LogP contribution in [0.5, 0.6) is 0 Å². The molecule has 5 nitrogen and oxygen atoms in total. The van der Waals surface area contributed by atoms with Gasteiger partial charge in [-0.1, -0.05) is 13.8 Å². The molecule has 1 aliphatic heterocycles. The monoisotopic (exact) mass is 322 g/mol. The van der Waals surface area contributed by atoms with Gasteiger partial charge in [0.2, 0.25) is 5.91 Å². The van der Waals surface area contributed by atoms with Gasteiger partial charge in [-0.15, -0.1) is 11.8 Å². The molecule has 122 valence electrons. The van der Waals surface area contributed by atoms with Crippen molar-refractivity contribution in [1.29, 1.82) is 0 Å². The molecule has 1 atom stereocenters. The van der Waals surface area contributed by atoms with Gasteiger partial charge >= 0.3 is 0 Å². The molecule has 22 heavy (non-hydrogen) atoms. The summed E-state index contributed by atoms with van der Waals surface area (Å²) in [5.74, 6) is 1.70. The van der Waals surface area contributed by atoms with Crippen LogP contribution in [0.4, 0.5) is 5.82 Å². The topological polar surface area (TPSA) is 58.1 Å². The Balaban J connectivity index is 1.88. The molecule has 2 heterocycles. The highest BCUT2D eigenvalue weighted by Gasteiger charge is 2.26. The molecule has 6 heteroatoms. The van der Waals surface area contributed by atoms with E-state index in [1.54, 1.807) is 24.2 Å². The van der Waals surface area contributed by atoms with E-state index in [1.165, 1.54) is 0 Å². The average Bonchev–Trinajstić information content (AvgIpc) is 2.54. The molecule has 2 rings (SSSR count). The highest BCUT2D eigenvalue weighted by Crippen LogP contribution is 2.23. The highest BCUT2D eigenvalue weighted by molar-refractivity contribution is 7.98. The van der Waals surface area contributed by atoms with Gasteiger partial charge in [0.25, 0.3) is 0 Å². The molecule has 0 unspecified atom stereocenters. The third-order valence-electron chi connectivity index (χ3n) is 4.37. The van der Waals surface area contributed by atoms with Crippen molar-refractivity contribution >= 4 is 23.5 Å². The van der Waals surface area contributed by atoms with Crippen LogP contribution in [0.2, 0.25) is 0 Å². The fourth-order valence-electron chi connectivity index (χ4n) is 2.47. The van der Waals surface area contributed by atoms with Gasteiger partial charge in [-0.05, 0) is 31.9 Å². The van der Waals surface area contributed by atoms with Crippen LogP contribution in [0.25, 0.3) is 0 Å². The largest absolute Gasteiger partial charge is 0.355 e. The average molecular weight is 322 g/mol. The number of aromatic nitrogens is 2. The van der Waals surface area contributed by atoms with Crippen molar-refractivity contribution in [3.8, 4) is 0 Å². The zero-order valence-electron chi connectivity index (χ0n) is 13.9. The molecule has 1 aliphatic rings. The van der Waals surface area contributed by atoms with Crippen LogP contribution >= 0.6 is 11.8 Å². The first kappa shape index (κ1) is 17.1. The van der Waals surface area contributed by atoms with Crippen LogP contribution in [0.1, 0.15) is 33.6 Å². The Morgan fingerprint density at radius 3 is 2.59 bits per heavy atom. The molecule has 0 spiro atoms. The summed E-state index contributed by atoms with van der Waals surface area (Å²) in [6, 6.07) is 0.231. The molecule has 1 aromatic rings. The minimum Gasteiger partial charge on any atom is -0.355 e. The maximum Gasteiger partial charge on any atom is 0.223 e. The molecule has 1 saturated heterocycles. The number of rotatable bonds is 5. The van der Waals surface area contributed by atoms with Crippen molar-refractivity contribution in [2.24, 2.45) is 11.8 Å². The summed E-state index contributed by atoms with van der Waals surface area (Å²) in [4.78, 5) is 23.3. The Kier molecular flexibility index (Phi) is 6.06. The summed E-state index contributed by atoms with van der Waals surface area (Å²) in [5.41, 5.74) is 0. The van der Waals surface area contributed by atoms with Crippen molar-refractivity contribution in [3.05, 3.63) is 12.4 Å². The lowest BCUT2D eigenvalue weighted by atomic mass is 9.95. The highest BCUT2D eigenvalue weighted by atomic mass is 32.2. The summed E-state index contributed by atoms with van der Waals surface area (Å²) in [6.07, 6.45) is 7.34. The number of anilines is 1. The maximum absolute atomic E-state index is 12.3. The Morgan fingerprint density at radius 1 is 1.32 bits per heavy atom.